The van der Waals surface area contributed by atoms with E-state index in [1.807, 2.05) is 0 Å². The number of aliphatic hydroxyl groups excluding tert-OH is 1. The third-order valence-corrected chi connectivity index (χ3v) is 9.18. The minimum Gasteiger partial charge on any atom is -0.462 e. The molecule has 1 aromatic carbocycles. The zero-order valence-corrected chi connectivity index (χ0v) is 25.6. The number of benzene rings is 1. The molecule has 224 valence electrons. The van der Waals surface area contributed by atoms with Gasteiger partial charge in [0.25, 0.3) is 0 Å². The van der Waals surface area contributed by atoms with Crippen molar-refractivity contribution in [2.45, 2.75) is 63.9 Å². The summed E-state index contributed by atoms with van der Waals surface area (Å²) < 4.78 is 40.5. The number of aliphatic hydroxyl groups is 1. The Morgan fingerprint density at radius 3 is 2.66 bits per heavy atom. The van der Waals surface area contributed by atoms with Crippen molar-refractivity contribution in [1.29, 1.82) is 0 Å². The number of hydrogen-bond acceptors (Lipinski definition) is 11. The van der Waals surface area contributed by atoms with Crippen molar-refractivity contribution in [3.8, 4) is 5.75 Å². The van der Waals surface area contributed by atoms with E-state index in [0.29, 0.717) is 28.6 Å². The highest BCUT2D eigenvalue weighted by Crippen LogP contribution is 2.49. The van der Waals surface area contributed by atoms with Crippen LogP contribution in [0.5, 0.6) is 5.75 Å². The number of imidazole rings is 1. The minimum absolute atomic E-state index is 0.310. The van der Waals surface area contributed by atoms with Gasteiger partial charge < -0.3 is 28.9 Å². The van der Waals surface area contributed by atoms with Crippen LogP contribution in [0.25, 0.3) is 11.2 Å². The summed E-state index contributed by atoms with van der Waals surface area (Å²) >= 11 is 12.0. The van der Waals surface area contributed by atoms with Gasteiger partial charge in [0.1, 0.15) is 29.3 Å². The van der Waals surface area contributed by atoms with Crippen LogP contribution in [-0.2, 0) is 30.6 Å². The molecule has 1 aliphatic heterocycles. The van der Waals surface area contributed by atoms with E-state index >= 15 is 4.39 Å². The fourth-order valence-electron chi connectivity index (χ4n) is 4.21. The second kappa shape index (κ2) is 12.8. The normalized spacial score (nSPS) is 24.8. The van der Waals surface area contributed by atoms with Crippen LogP contribution in [0.2, 0.25) is 0 Å². The van der Waals surface area contributed by atoms with E-state index in [2.05, 4.69) is 25.4 Å². The second-order valence-electron chi connectivity index (χ2n) is 9.80. The Morgan fingerprint density at radius 1 is 1.32 bits per heavy atom. The number of para-hydroxylation sites is 1. The molecule has 1 fully saturated rings. The number of anilines is 1. The van der Waals surface area contributed by atoms with Crippen LogP contribution in [0, 0.1) is 6.92 Å². The van der Waals surface area contributed by atoms with Gasteiger partial charge in [-0.2, -0.15) is 0 Å². The monoisotopic (exact) mass is 630 g/mol. The van der Waals surface area contributed by atoms with Crippen molar-refractivity contribution in [2.75, 3.05) is 24.9 Å². The van der Waals surface area contributed by atoms with Gasteiger partial charge in [-0.3, -0.25) is 9.36 Å². The Labute approximate surface area is 247 Å². The molecule has 3 heterocycles. The predicted molar refractivity (Wildman–Crippen MR) is 155 cm³/mol. The number of ether oxygens (including phenoxy) is 2. The topological polar surface area (TPSA) is 142 Å². The molecular weight excluding hydrogens is 598 g/mol. The van der Waals surface area contributed by atoms with Crippen molar-refractivity contribution in [2.24, 2.45) is 0 Å². The van der Waals surface area contributed by atoms with Crippen molar-refractivity contribution in [3.63, 3.8) is 0 Å². The molecule has 0 unspecified atom stereocenters. The number of alkyl halides is 2. The van der Waals surface area contributed by atoms with Crippen LogP contribution >= 0.6 is 18.2 Å². The third-order valence-electron chi connectivity index (χ3n) is 6.24. The number of hydrogen-bond donors (Lipinski definition) is 3. The summed E-state index contributed by atoms with van der Waals surface area (Å²) in [5.41, 5.74) is -1.02. The molecule has 41 heavy (non-hydrogen) atoms. The van der Waals surface area contributed by atoms with Crippen LogP contribution < -0.4 is 14.9 Å². The Kier molecular flexibility index (Phi) is 9.85. The van der Waals surface area contributed by atoms with E-state index in [9.17, 15) is 9.90 Å². The summed E-state index contributed by atoms with van der Waals surface area (Å²) in [5.74, 6) is 0.357. The van der Waals surface area contributed by atoms with Crippen LogP contribution in [0.4, 0.5) is 10.2 Å². The van der Waals surface area contributed by atoms with E-state index in [1.54, 1.807) is 65.1 Å². The highest BCUT2D eigenvalue weighted by molar-refractivity contribution is 8.09. The Bertz CT molecular complexity index is 1420. The maximum atomic E-state index is 15.7. The Morgan fingerprint density at radius 2 is 2.02 bits per heavy atom. The lowest BCUT2D eigenvalue weighted by Crippen LogP contribution is -2.48. The van der Waals surface area contributed by atoms with Crippen LogP contribution in [0.3, 0.4) is 0 Å². The first-order valence-electron chi connectivity index (χ1n) is 12.8. The first-order valence-corrected chi connectivity index (χ1v) is 16.0. The summed E-state index contributed by atoms with van der Waals surface area (Å²) in [6, 6.07) is 7.72. The van der Waals surface area contributed by atoms with Gasteiger partial charge in [-0.1, -0.05) is 18.2 Å². The number of halogens is 2. The summed E-state index contributed by atoms with van der Waals surface area (Å²) in [5, 5.41) is 16.9. The van der Waals surface area contributed by atoms with Crippen molar-refractivity contribution < 1.29 is 32.8 Å². The number of fused-ring (bicyclic) bond motifs is 1. The molecule has 0 saturated carbocycles. The first kappa shape index (κ1) is 31.5. The van der Waals surface area contributed by atoms with Gasteiger partial charge in [-0.25, -0.2) is 24.4 Å². The Hall–Kier alpha value is -2.45. The van der Waals surface area contributed by atoms with Gasteiger partial charge in [0, 0.05) is 7.05 Å². The van der Waals surface area contributed by atoms with Crippen LogP contribution in [0.15, 0.2) is 36.7 Å². The minimum atomic E-state index is -3.52. The molecule has 0 radical (unpaired) electrons. The van der Waals surface area contributed by atoms with Crippen molar-refractivity contribution in [1.82, 2.24) is 24.6 Å². The average molecular weight is 631 g/mol. The number of nitrogens with zero attached hydrogens (tertiary/aromatic N) is 4. The third kappa shape index (κ3) is 6.80. The van der Waals surface area contributed by atoms with E-state index in [1.165, 1.54) is 10.9 Å². The average Bonchev–Trinajstić information content (AvgIpc) is 3.46. The number of aryl methyl sites for hydroxylation is 1. The molecular formula is C25H33ClFN6O6PS. The molecule has 2 aromatic heterocycles. The predicted octanol–water partition coefficient (Wildman–Crippen LogP) is 3.63. The fraction of sp³-hybridized carbons (Fsp3) is 0.520. The summed E-state index contributed by atoms with van der Waals surface area (Å²) in [6.45, 7) is 2.71. The van der Waals surface area contributed by atoms with Gasteiger partial charge in [0.05, 0.1) is 24.9 Å². The molecule has 16 heteroatoms. The van der Waals surface area contributed by atoms with Gasteiger partial charge >= 0.3 is 12.6 Å². The van der Waals surface area contributed by atoms with Crippen LogP contribution in [0.1, 0.15) is 32.8 Å². The molecule has 3 aromatic rings. The van der Waals surface area contributed by atoms with Gasteiger partial charge in [0.2, 0.25) is 0 Å². The quantitative estimate of drug-likeness (QED) is 0.153. The summed E-state index contributed by atoms with van der Waals surface area (Å²) in [7, 11) is 1.68. The smallest absolute Gasteiger partial charge is 0.323 e. The van der Waals surface area contributed by atoms with Gasteiger partial charge in [0.15, 0.2) is 29.4 Å². The number of carbonyl (C=O) groups is 1. The van der Waals surface area contributed by atoms with Gasteiger partial charge in [-0.05, 0) is 51.6 Å². The van der Waals surface area contributed by atoms with E-state index in [0.717, 1.165) is 0 Å². The lowest BCUT2D eigenvalue weighted by Gasteiger charge is -2.33. The molecule has 0 bridgehead atoms. The largest absolute Gasteiger partial charge is 0.462 e. The number of rotatable bonds is 12. The summed E-state index contributed by atoms with van der Waals surface area (Å²) in [6.07, 6.45) is -3.96. The van der Waals surface area contributed by atoms with Crippen LogP contribution in [-0.4, -0.2) is 80.2 Å². The molecule has 12 nitrogen and oxygen atoms in total. The molecule has 0 spiro atoms. The molecule has 1 saturated heterocycles. The first-order chi connectivity index (χ1) is 19.4. The summed E-state index contributed by atoms with van der Waals surface area (Å²) in [4.78, 5) is 25.5. The van der Waals surface area contributed by atoms with Crippen molar-refractivity contribution in [3.05, 3.63) is 42.5 Å². The second-order valence-corrected chi connectivity index (χ2v) is 13.2. The number of aromatic nitrogens is 4. The maximum Gasteiger partial charge on any atom is 0.323 e. The fourth-order valence-corrected chi connectivity index (χ4v) is 6.95. The van der Waals surface area contributed by atoms with E-state index < -0.39 is 49.4 Å². The number of carbonyl (C=O) groups excluding carboxylic acids is 1. The number of esters is 1. The lowest BCUT2D eigenvalue weighted by atomic mass is 9.99. The molecule has 0 aliphatic carbocycles. The number of nitrogens with one attached hydrogen (secondary N) is 2. The molecule has 3 N–H and O–H groups in total. The molecule has 1 aliphatic rings. The standard InChI is InChI=1S/C25H33ClFN6O6PS/c1-14(2)37-24(35)15(3)32-40(41,39-17-9-7-6-8-10-17)36-12-25(11-26)20(34)18(27)23(38-25)33-13-29-19-21(28-5)30-16(4)31-22(19)33/h6-10,13-15,18,20,23,34H,11-12H2,1-5H3,(H,32,41)(H,28,30,31)/t15-,18-,20-,23+,25+,40+/m0/s1. The van der Waals surface area contributed by atoms with Gasteiger partial charge in [-0.15, -0.1) is 11.6 Å². The zero-order valence-electron chi connectivity index (χ0n) is 23.2. The zero-order chi connectivity index (χ0) is 29.9. The SMILES string of the molecule is CNc1nc(C)nc2c1ncn2[C@@H]1O[C@](CCl)(CO[P@](=S)(N[C@@H](C)C(=O)OC(C)C)Oc2ccccc2)[C@@H](O)[C@@H]1F. The highest BCUT2D eigenvalue weighted by atomic mass is 35.5. The molecule has 0 amide bonds. The maximum absolute atomic E-state index is 15.7. The molecule has 4 rings (SSSR count). The van der Waals surface area contributed by atoms with Crippen molar-refractivity contribution >= 4 is 53.0 Å². The lowest BCUT2D eigenvalue weighted by molar-refractivity contribution is -0.149. The van der Waals surface area contributed by atoms with E-state index in [-0.39, 0.29) is 12.0 Å². The molecule has 6 atom stereocenters. The van der Waals surface area contributed by atoms with E-state index in [4.69, 9.17) is 41.9 Å². The Balaban J connectivity index is 1.61. The highest BCUT2D eigenvalue weighted by Gasteiger charge is 2.57.